The van der Waals surface area contributed by atoms with Gasteiger partial charge in [0.15, 0.2) is 0 Å². The van der Waals surface area contributed by atoms with Crippen LogP contribution in [0.15, 0.2) is 12.2 Å². The molecule has 0 spiro atoms. The highest BCUT2D eigenvalue weighted by Crippen LogP contribution is 1.88. The van der Waals surface area contributed by atoms with Gasteiger partial charge in [-0.15, -0.1) is 11.6 Å². The second kappa shape index (κ2) is 6.67. The molecule has 0 aromatic heterocycles. The van der Waals surface area contributed by atoms with Crippen molar-refractivity contribution in [2.45, 2.75) is 6.42 Å². The second-order valence-electron chi connectivity index (χ2n) is 1.88. The maximum absolute atomic E-state index is 10.4. The number of carboxylic acid groups (broad SMARTS) is 1. The summed E-state index contributed by atoms with van der Waals surface area (Å²) in [6.45, 7) is 0.162. The number of rotatable bonds is 5. The van der Waals surface area contributed by atoms with E-state index in [-0.39, 0.29) is 12.5 Å². The molecule has 0 amide bonds. The molecule has 0 aromatic carbocycles. The summed E-state index contributed by atoms with van der Waals surface area (Å²) in [6.07, 6.45) is 2.79. The predicted octanol–water partition coefficient (Wildman–Crippen LogP) is 0.799. The summed E-state index contributed by atoms with van der Waals surface area (Å²) in [4.78, 5) is 20.4. The lowest BCUT2D eigenvalue weighted by molar-refractivity contribution is -0.140. The molecule has 1 N–H and O–H groups in total. The van der Waals surface area contributed by atoms with Crippen molar-refractivity contribution in [3.8, 4) is 0 Å². The number of ether oxygens (including phenoxy) is 1. The van der Waals surface area contributed by atoms with Crippen LogP contribution in [0.1, 0.15) is 6.42 Å². The summed E-state index contributed by atoms with van der Waals surface area (Å²) in [5.74, 6) is -1.69. The predicted molar refractivity (Wildman–Crippen MR) is 43.1 cm³/mol. The molecule has 12 heavy (non-hydrogen) atoms. The third-order valence-corrected chi connectivity index (χ3v) is 1.14. The van der Waals surface area contributed by atoms with Crippen LogP contribution in [0, 0.1) is 0 Å². The lowest BCUT2D eigenvalue weighted by atomic mass is 10.4. The molecule has 0 heterocycles. The zero-order valence-electron chi connectivity index (χ0n) is 6.33. The van der Waals surface area contributed by atoms with Gasteiger partial charge in [0.1, 0.15) is 5.88 Å². The molecule has 0 aromatic rings. The summed E-state index contributed by atoms with van der Waals surface area (Å²) in [7, 11) is 0. The van der Waals surface area contributed by atoms with Crippen LogP contribution < -0.4 is 0 Å². The highest BCUT2D eigenvalue weighted by atomic mass is 35.5. The van der Waals surface area contributed by atoms with Crippen LogP contribution in [0.3, 0.4) is 0 Å². The van der Waals surface area contributed by atoms with E-state index in [4.69, 9.17) is 16.7 Å². The number of hydrogen-bond donors (Lipinski definition) is 1. The first-order chi connectivity index (χ1) is 5.66. The van der Waals surface area contributed by atoms with Crippen LogP contribution in [0.5, 0.6) is 0 Å². The van der Waals surface area contributed by atoms with E-state index in [9.17, 15) is 9.59 Å². The van der Waals surface area contributed by atoms with Gasteiger partial charge in [-0.05, 0) is 0 Å². The van der Waals surface area contributed by atoms with Crippen molar-refractivity contribution in [2.75, 3.05) is 12.5 Å². The van der Waals surface area contributed by atoms with Gasteiger partial charge in [0, 0.05) is 12.5 Å². The number of carbonyl (C=O) groups excluding carboxylic acids is 1. The first-order valence-corrected chi connectivity index (χ1v) is 3.81. The van der Waals surface area contributed by atoms with Crippen molar-refractivity contribution in [1.82, 2.24) is 0 Å². The van der Waals surface area contributed by atoms with E-state index in [0.717, 1.165) is 6.08 Å². The summed E-state index contributed by atoms with van der Waals surface area (Å²) >= 11 is 5.13. The largest absolute Gasteiger partial charge is 0.478 e. The lowest BCUT2D eigenvalue weighted by Gasteiger charge is -1.97. The molecule has 0 saturated heterocycles. The molecule has 0 aliphatic carbocycles. The molecular formula is C7H9ClO4. The summed E-state index contributed by atoms with van der Waals surface area (Å²) in [5, 5.41) is 8.15. The Balaban J connectivity index is 3.33. The maximum atomic E-state index is 10.4. The van der Waals surface area contributed by atoms with E-state index >= 15 is 0 Å². The number of aliphatic carboxylic acids is 1. The van der Waals surface area contributed by atoms with E-state index in [1.807, 2.05) is 0 Å². The molecule has 0 saturated carbocycles. The van der Waals surface area contributed by atoms with Gasteiger partial charge in [-0.3, -0.25) is 4.79 Å². The average molecular weight is 193 g/mol. The smallest absolute Gasteiger partial charge is 0.327 e. The fraction of sp³-hybridized carbons (Fsp3) is 0.429. The Hall–Kier alpha value is -1.03. The summed E-state index contributed by atoms with van der Waals surface area (Å²) in [5.41, 5.74) is 0. The minimum atomic E-state index is -1.02. The van der Waals surface area contributed by atoms with Gasteiger partial charge in [0.05, 0.1) is 6.61 Å². The monoisotopic (exact) mass is 192 g/mol. The van der Waals surface area contributed by atoms with Crippen LogP contribution in [0.4, 0.5) is 0 Å². The normalized spacial score (nSPS) is 10.1. The summed E-state index contributed by atoms with van der Waals surface area (Å²) < 4.78 is 4.56. The number of carbonyl (C=O) groups is 2. The van der Waals surface area contributed by atoms with Gasteiger partial charge in [0.25, 0.3) is 0 Å². The quantitative estimate of drug-likeness (QED) is 0.303. The zero-order chi connectivity index (χ0) is 9.40. The molecule has 0 aliphatic heterocycles. The topological polar surface area (TPSA) is 63.6 Å². The van der Waals surface area contributed by atoms with Gasteiger partial charge in [-0.1, -0.05) is 6.08 Å². The van der Waals surface area contributed by atoms with Gasteiger partial charge < -0.3 is 9.84 Å². The Labute approximate surface area is 74.8 Å². The van der Waals surface area contributed by atoms with Crippen molar-refractivity contribution >= 4 is 23.5 Å². The minimum Gasteiger partial charge on any atom is -0.478 e. The Morgan fingerprint density at radius 2 is 2.17 bits per heavy atom. The molecular weight excluding hydrogens is 184 g/mol. The van der Waals surface area contributed by atoms with E-state index in [1.54, 1.807) is 0 Å². The second-order valence-corrected chi connectivity index (χ2v) is 2.15. The molecule has 0 aliphatic rings. The highest BCUT2D eigenvalue weighted by molar-refractivity contribution is 6.26. The Morgan fingerprint density at radius 3 is 2.67 bits per heavy atom. The first kappa shape index (κ1) is 11.0. The van der Waals surface area contributed by atoms with Gasteiger partial charge in [-0.2, -0.15) is 0 Å². The van der Waals surface area contributed by atoms with E-state index < -0.39 is 11.9 Å². The Bertz CT molecular complexity index is 188. The third kappa shape index (κ3) is 7.08. The molecule has 0 fully saturated rings. The van der Waals surface area contributed by atoms with Crippen molar-refractivity contribution in [2.24, 2.45) is 0 Å². The van der Waals surface area contributed by atoms with E-state index in [2.05, 4.69) is 4.74 Å². The molecule has 0 radical (unpaired) electrons. The van der Waals surface area contributed by atoms with Crippen molar-refractivity contribution < 1.29 is 19.4 Å². The van der Waals surface area contributed by atoms with Crippen LogP contribution in [0.2, 0.25) is 0 Å². The van der Waals surface area contributed by atoms with E-state index in [1.165, 1.54) is 6.08 Å². The molecule has 0 unspecified atom stereocenters. The standard InChI is InChI=1S/C7H9ClO4/c8-5-7(11)12-4-2-1-3-6(9)10/h1,3H,2,4-5H2,(H,9,10). The highest BCUT2D eigenvalue weighted by Gasteiger charge is 1.96. The van der Waals surface area contributed by atoms with Crippen LogP contribution in [0.25, 0.3) is 0 Å². The molecule has 4 nitrogen and oxygen atoms in total. The van der Waals surface area contributed by atoms with Crippen molar-refractivity contribution in [3.05, 3.63) is 12.2 Å². The Kier molecular flexibility index (Phi) is 6.09. The molecule has 0 rings (SSSR count). The third-order valence-electron chi connectivity index (χ3n) is 0.917. The molecule has 68 valence electrons. The number of halogens is 1. The van der Waals surface area contributed by atoms with Gasteiger partial charge in [-0.25, -0.2) is 4.79 Å². The van der Waals surface area contributed by atoms with Gasteiger partial charge >= 0.3 is 11.9 Å². The molecule has 0 atom stereocenters. The molecule has 0 bridgehead atoms. The zero-order valence-corrected chi connectivity index (χ0v) is 7.08. The van der Waals surface area contributed by atoms with E-state index in [0.29, 0.717) is 6.42 Å². The van der Waals surface area contributed by atoms with Crippen LogP contribution in [-0.4, -0.2) is 29.5 Å². The maximum Gasteiger partial charge on any atom is 0.327 e. The number of esters is 1. The number of hydrogen-bond acceptors (Lipinski definition) is 3. The summed E-state index contributed by atoms with van der Waals surface area (Å²) in [6, 6.07) is 0. The van der Waals surface area contributed by atoms with Crippen molar-refractivity contribution in [1.29, 1.82) is 0 Å². The minimum absolute atomic E-state index is 0.162. The number of carboxylic acids is 1. The fourth-order valence-corrected chi connectivity index (χ4v) is 0.541. The average Bonchev–Trinajstić information content (AvgIpc) is 2.03. The van der Waals surface area contributed by atoms with Crippen LogP contribution in [-0.2, 0) is 14.3 Å². The number of alkyl halides is 1. The van der Waals surface area contributed by atoms with Crippen LogP contribution >= 0.6 is 11.6 Å². The van der Waals surface area contributed by atoms with Gasteiger partial charge in [0.2, 0.25) is 0 Å². The lowest BCUT2D eigenvalue weighted by Crippen LogP contribution is -2.06. The molecule has 5 heteroatoms. The fourth-order valence-electron chi connectivity index (χ4n) is 0.464. The SMILES string of the molecule is O=C(O)C=CCCOC(=O)CCl. The Morgan fingerprint density at radius 1 is 1.50 bits per heavy atom. The first-order valence-electron chi connectivity index (χ1n) is 3.28. The van der Waals surface area contributed by atoms with Crippen molar-refractivity contribution in [3.63, 3.8) is 0 Å².